The first-order chi connectivity index (χ1) is 11.1. The summed E-state index contributed by atoms with van der Waals surface area (Å²) in [4.78, 5) is 10.5. The fourth-order valence-corrected chi connectivity index (χ4v) is 4.01. The Morgan fingerprint density at radius 2 is 2.04 bits per heavy atom. The van der Waals surface area contributed by atoms with Crippen LogP contribution in [0.5, 0.6) is 0 Å². The minimum atomic E-state index is -0.692. The monoisotopic (exact) mass is 343 g/mol. The Bertz CT molecular complexity index is 349. The zero-order valence-corrected chi connectivity index (χ0v) is 15.3. The molecule has 0 aromatic carbocycles. The van der Waals surface area contributed by atoms with Crippen molar-refractivity contribution in [2.75, 3.05) is 12.3 Å². The number of hydrogen-bond donors (Lipinski definition) is 2. The number of carboxylic acids is 1. The van der Waals surface area contributed by atoms with Gasteiger partial charge in [0.25, 0.3) is 0 Å². The summed E-state index contributed by atoms with van der Waals surface area (Å²) in [6, 6.07) is 0.444. The molecule has 0 aromatic rings. The molecule has 5 heteroatoms. The van der Waals surface area contributed by atoms with Crippen molar-refractivity contribution >= 4 is 17.9 Å². The standard InChI is InChI=1S/C18H33NO3S/c1-2-3-6-9-17(20)12-11-16-13-15-23-19(16)14-8-5-4-7-10-18(21)22/h11-12,16-17,20H,2-10,13-15H2,1H3,(H,21,22). The van der Waals surface area contributed by atoms with Crippen LogP contribution in [0, 0.1) is 0 Å². The van der Waals surface area contributed by atoms with E-state index in [1.165, 1.54) is 12.8 Å². The molecule has 1 heterocycles. The second-order valence-electron chi connectivity index (χ2n) is 6.34. The highest BCUT2D eigenvalue weighted by atomic mass is 32.2. The summed E-state index contributed by atoms with van der Waals surface area (Å²) in [6.07, 6.45) is 13.7. The van der Waals surface area contributed by atoms with Crippen LogP contribution in [-0.4, -0.2) is 44.9 Å². The summed E-state index contributed by atoms with van der Waals surface area (Å²) in [5, 5.41) is 18.6. The SMILES string of the molecule is CCCCCC(O)C=CC1CCSN1CCCCCCC(=O)O. The number of unbranched alkanes of at least 4 members (excludes halogenated alkanes) is 5. The number of aliphatic carboxylic acids is 1. The number of carboxylic acid groups (broad SMARTS) is 1. The molecule has 1 rings (SSSR count). The van der Waals surface area contributed by atoms with E-state index in [-0.39, 0.29) is 6.10 Å². The molecule has 134 valence electrons. The molecule has 0 bridgehead atoms. The van der Waals surface area contributed by atoms with Gasteiger partial charge in [-0.2, -0.15) is 0 Å². The molecule has 0 saturated carbocycles. The van der Waals surface area contributed by atoms with Crippen molar-refractivity contribution in [3.05, 3.63) is 12.2 Å². The molecule has 0 radical (unpaired) electrons. The van der Waals surface area contributed by atoms with E-state index in [9.17, 15) is 9.90 Å². The average molecular weight is 344 g/mol. The predicted octanol–water partition coefficient (Wildman–Crippen LogP) is 4.24. The summed E-state index contributed by atoms with van der Waals surface area (Å²) in [6.45, 7) is 3.23. The molecule has 0 spiro atoms. The molecule has 2 unspecified atom stereocenters. The molecule has 4 nitrogen and oxygen atoms in total. The van der Waals surface area contributed by atoms with Gasteiger partial charge in [0.15, 0.2) is 0 Å². The second-order valence-corrected chi connectivity index (χ2v) is 7.47. The van der Waals surface area contributed by atoms with E-state index in [0.717, 1.165) is 57.2 Å². The maximum Gasteiger partial charge on any atom is 0.303 e. The van der Waals surface area contributed by atoms with Crippen LogP contribution in [0.3, 0.4) is 0 Å². The Hall–Kier alpha value is -0.520. The third-order valence-corrected chi connectivity index (χ3v) is 5.42. The Balaban J connectivity index is 2.16. The molecule has 1 aliphatic rings. The minimum absolute atomic E-state index is 0.291. The third kappa shape index (κ3) is 10.0. The van der Waals surface area contributed by atoms with Crippen LogP contribution >= 0.6 is 11.9 Å². The normalized spacial score (nSPS) is 20.3. The first-order valence-corrected chi connectivity index (χ1v) is 10.1. The van der Waals surface area contributed by atoms with E-state index in [0.29, 0.717) is 12.5 Å². The van der Waals surface area contributed by atoms with Gasteiger partial charge in [-0.3, -0.25) is 4.79 Å². The van der Waals surface area contributed by atoms with Crippen LogP contribution in [0.25, 0.3) is 0 Å². The Labute approximate surface area is 145 Å². The number of rotatable bonds is 13. The molecule has 0 aromatic heterocycles. The van der Waals surface area contributed by atoms with E-state index in [1.807, 2.05) is 18.0 Å². The summed E-state index contributed by atoms with van der Waals surface area (Å²) in [5.41, 5.74) is 0. The van der Waals surface area contributed by atoms with Crippen molar-refractivity contribution in [3.8, 4) is 0 Å². The number of nitrogens with zero attached hydrogens (tertiary/aromatic N) is 1. The molecule has 2 atom stereocenters. The molecule has 1 aliphatic heterocycles. The summed E-state index contributed by atoms with van der Waals surface area (Å²) in [5.74, 6) is 0.461. The highest BCUT2D eigenvalue weighted by Gasteiger charge is 2.22. The number of aliphatic hydroxyl groups is 1. The van der Waals surface area contributed by atoms with E-state index in [1.54, 1.807) is 0 Å². The molecule has 0 aliphatic carbocycles. The largest absolute Gasteiger partial charge is 0.481 e. The molecule has 2 N–H and O–H groups in total. The van der Waals surface area contributed by atoms with Gasteiger partial charge in [0.05, 0.1) is 6.10 Å². The summed E-state index contributed by atoms with van der Waals surface area (Å²) in [7, 11) is 0. The number of hydrogen-bond acceptors (Lipinski definition) is 4. The van der Waals surface area contributed by atoms with E-state index in [2.05, 4.69) is 17.3 Å². The van der Waals surface area contributed by atoms with Gasteiger partial charge in [-0.25, -0.2) is 4.31 Å². The topological polar surface area (TPSA) is 60.8 Å². The molecular weight excluding hydrogens is 310 g/mol. The lowest BCUT2D eigenvalue weighted by Gasteiger charge is -2.20. The van der Waals surface area contributed by atoms with E-state index >= 15 is 0 Å². The van der Waals surface area contributed by atoms with Gasteiger partial charge in [-0.1, -0.05) is 63.1 Å². The quantitative estimate of drug-likeness (QED) is 0.297. The lowest BCUT2D eigenvalue weighted by atomic mass is 10.1. The van der Waals surface area contributed by atoms with Crippen molar-refractivity contribution in [1.29, 1.82) is 0 Å². The van der Waals surface area contributed by atoms with Crippen molar-refractivity contribution in [2.45, 2.75) is 83.3 Å². The van der Waals surface area contributed by atoms with E-state index < -0.39 is 5.97 Å². The number of aliphatic hydroxyl groups excluding tert-OH is 1. The smallest absolute Gasteiger partial charge is 0.303 e. The predicted molar refractivity (Wildman–Crippen MR) is 97.6 cm³/mol. The van der Waals surface area contributed by atoms with Crippen LogP contribution in [-0.2, 0) is 4.79 Å². The molecular formula is C18H33NO3S. The van der Waals surface area contributed by atoms with Crippen LogP contribution in [0.15, 0.2) is 12.2 Å². The maximum absolute atomic E-state index is 10.5. The van der Waals surface area contributed by atoms with Crippen molar-refractivity contribution < 1.29 is 15.0 Å². The van der Waals surface area contributed by atoms with Crippen LogP contribution in [0.2, 0.25) is 0 Å². The second kappa shape index (κ2) is 12.8. The average Bonchev–Trinajstić information content (AvgIpc) is 2.96. The first-order valence-electron chi connectivity index (χ1n) is 9.11. The van der Waals surface area contributed by atoms with Gasteiger partial charge >= 0.3 is 5.97 Å². The van der Waals surface area contributed by atoms with Gasteiger partial charge in [-0.15, -0.1) is 0 Å². The van der Waals surface area contributed by atoms with Gasteiger partial charge in [0, 0.05) is 24.8 Å². The molecule has 1 fully saturated rings. The van der Waals surface area contributed by atoms with Crippen molar-refractivity contribution in [3.63, 3.8) is 0 Å². The van der Waals surface area contributed by atoms with Crippen molar-refractivity contribution in [1.82, 2.24) is 4.31 Å². The third-order valence-electron chi connectivity index (χ3n) is 4.22. The highest BCUT2D eigenvalue weighted by Crippen LogP contribution is 2.28. The van der Waals surface area contributed by atoms with E-state index in [4.69, 9.17) is 5.11 Å². The van der Waals surface area contributed by atoms with Gasteiger partial charge in [0.2, 0.25) is 0 Å². The number of carbonyl (C=O) groups is 1. The van der Waals surface area contributed by atoms with Crippen molar-refractivity contribution in [2.24, 2.45) is 0 Å². The molecule has 23 heavy (non-hydrogen) atoms. The molecule has 0 amide bonds. The first kappa shape index (κ1) is 20.5. The zero-order chi connectivity index (χ0) is 16.9. The minimum Gasteiger partial charge on any atom is -0.481 e. The van der Waals surface area contributed by atoms with Crippen LogP contribution in [0.4, 0.5) is 0 Å². The lowest BCUT2D eigenvalue weighted by molar-refractivity contribution is -0.137. The van der Waals surface area contributed by atoms with Crippen LogP contribution in [0.1, 0.15) is 71.1 Å². The Kier molecular flexibility index (Phi) is 11.5. The summed E-state index contributed by atoms with van der Waals surface area (Å²) >= 11 is 1.90. The van der Waals surface area contributed by atoms with Gasteiger partial charge in [-0.05, 0) is 25.7 Å². The lowest BCUT2D eigenvalue weighted by Crippen LogP contribution is -2.23. The fourth-order valence-electron chi connectivity index (χ4n) is 2.81. The van der Waals surface area contributed by atoms with Crippen LogP contribution < -0.4 is 0 Å². The summed E-state index contributed by atoms with van der Waals surface area (Å²) < 4.78 is 2.42. The Morgan fingerprint density at radius 1 is 1.26 bits per heavy atom. The van der Waals surface area contributed by atoms with Gasteiger partial charge < -0.3 is 10.2 Å². The maximum atomic E-state index is 10.5. The highest BCUT2D eigenvalue weighted by molar-refractivity contribution is 7.97. The fraction of sp³-hybridized carbons (Fsp3) is 0.833. The zero-order valence-electron chi connectivity index (χ0n) is 14.5. The Morgan fingerprint density at radius 3 is 2.78 bits per heavy atom. The molecule has 1 saturated heterocycles. The van der Waals surface area contributed by atoms with Gasteiger partial charge in [0.1, 0.15) is 0 Å².